The Kier molecular flexibility index (Phi) is 6.63. The fourth-order valence-corrected chi connectivity index (χ4v) is 4.97. The Bertz CT molecular complexity index is 1100. The molecule has 0 atom stereocenters. The van der Waals surface area contributed by atoms with E-state index in [0.29, 0.717) is 24.3 Å². The van der Waals surface area contributed by atoms with Crippen LogP contribution in [0.3, 0.4) is 0 Å². The van der Waals surface area contributed by atoms with Crippen molar-refractivity contribution in [2.24, 2.45) is 5.92 Å². The van der Waals surface area contributed by atoms with Gasteiger partial charge in [-0.3, -0.25) is 0 Å². The van der Waals surface area contributed by atoms with Gasteiger partial charge in [-0.15, -0.1) is 0 Å². The van der Waals surface area contributed by atoms with E-state index >= 15 is 4.39 Å². The summed E-state index contributed by atoms with van der Waals surface area (Å²) in [5.41, 5.74) is 0.298. The van der Waals surface area contributed by atoms with Crippen molar-refractivity contribution in [3.63, 3.8) is 0 Å². The maximum Gasteiger partial charge on any atom is 0.198 e. The minimum absolute atomic E-state index is 0.247. The molecular weight excluding hydrogens is 419 g/mol. The SMILES string of the molecule is CCCC1CCC(c2c(F)c(F)c(F)c(F)c2-c2ccc(-c3ccccc3)cc2F)CC1. The summed E-state index contributed by atoms with van der Waals surface area (Å²) in [7, 11) is 0. The largest absolute Gasteiger partial charge is 0.206 e. The highest BCUT2D eigenvalue weighted by Crippen LogP contribution is 2.45. The van der Waals surface area contributed by atoms with Crippen molar-refractivity contribution in [3.05, 3.63) is 83.2 Å². The summed E-state index contributed by atoms with van der Waals surface area (Å²) < 4.78 is 73.6. The predicted molar refractivity (Wildman–Crippen MR) is 117 cm³/mol. The quantitative estimate of drug-likeness (QED) is 0.210. The third-order valence-electron chi connectivity index (χ3n) is 6.60. The van der Waals surface area contributed by atoms with Gasteiger partial charge < -0.3 is 0 Å². The molecule has 0 unspecified atom stereocenters. The van der Waals surface area contributed by atoms with E-state index in [2.05, 4.69) is 6.92 Å². The lowest BCUT2D eigenvalue weighted by Crippen LogP contribution is -2.17. The van der Waals surface area contributed by atoms with Crippen LogP contribution in [-0.4, -0.2) is 0 Å². The van der Waals surface area contributed by atoms with Crippen molar-refractivity contribution in [3.8, 4) is 22.3 Å². The maximum absolute atomic E-state index is 15.2. The van der Waals surface area contributed by atoms with Gasteiger partial charge in [-0.1, -0.05) is 62.2 Å². The molecule has 0 heterocycles. The van der Waals surface area contributed by atoms with Gasteiger partial charge in [-0.25, -0.2) is 22.0 Å². The summed E-state index contributed by atoms with van der Waals surface area (Å²) in [6, 6.07) is 13.1. The Labute approximate surface area is 185 Å². The monoisotopic (exact) mass is 444 g/mol. The first kappa shape index (κ1) is 22.5. The molecule has 0 aromatic heterocycles. The van der Waals surface area contributed by atoms with Crippen molar-refractivity contribution >= 4 is 0 Å². The average Bonchev–Trinajstić information content (AvgIpc) is 2.82. The van der Waals surface area contributed by atoms with Crippen LogP contribution in [0.1, 0.15) is 56.9 Å². The van der Waals surface area contributed by atoms with Gasteiger partial charge >= 0.3 is 0 Å². The molecule has 32 heavy (non-hydrogen) atoms. The third kappa shape index (κ3) is 4.17. The van der Waals surface area contributed by atoms with E-state index in [9.17, 15) is 17.6 Å². The highest BCUT2D eigenvalue weighted by Gasteiger charge is 2.33. The van der Waals surface area contributed by atoms with Crippen LogP contribution in [-0.2, 0) is 0 Å². The molecule has 0 nitrogen and oxygen atoms in total. The fourth-order valence-electron chi connectivity index (χ4n) is 4.97. The van der Waals surface area contributed by atoms with Crippen molar-refractivity contribution in [2.75, 3.05) is 0 Å². The maximum atomic E-state index is 15.2. The van der Waals surface area contributed by atoms with E-state index in [0.717, 1.165) is 31.2 Å². The summed E-state index contributed by atoms with van der Waals surface area (Å²) in [6.07, 6.45) is 4.74. The Morgan fingerprint density at radius 1 is 0.719 bits per heavy atom. The van der Waals surface area contributed by atoms with Crippen molar-refractivity contribution in [2.45, 2.75) is 51.4 Å². The van der Waals surface area contributed by atoms with Gasteiger partial charge in [0.25, 0.3) is 0 Å². The van der Waals surface area contributed by atoms with E-state index in [-0.39, 0.29) is 11.1 Å². The molecular formula is C27H25F5. The zero-order valence-electron chi connectivity index (χ0n) is 17.9. The Hall–Kier alpha value is -2.69. The number of benzene rings is 3. The predicted octanol–water partition coefficient (Wildman–Crippen LogP) is 8.79. The molecule has 0 saturated heterocycles. The lowest BCUT2D eigenvalue weighted by atomic mass is 9.75. The van der Waals surface area contributed by atoms with E-state index < -0.39 is 40.6 Å². The zero-order valence-corrected chi connectivity index (χ0v) is 17.9. The Balaban J connectivity index is 1.80. The van der Waals surface area contributed by atoms with Crippen LogP contribution in [0, 0.1) is 35.0 Å². The molecule has 5 heteroatoms. The Morgan fingerprint density at radius 3 is 2.00 bits per heavy atom. The van der Waals surface area contributed by atoms with Crippen molar-refractivity contribution in [1.82, 2.24) is 0 Å². The molecule has 0 spiro atoms. The smallest absolute Gasteiger partial charge is 0.198 e. The number of hydrogen-bond acceptors (Lipinski definition) is 0. The van der Waals surface area contributed by atoms with Gasteiger partial charge in [0.1, 0.15) is 5.82 Å². The summed E-state index contributed by atoms with van der Waals surface area (Å²) in [4.78, 5) is 0. The second-order valence-electron chi connectivity index (χ2n) is 8.61. The number of rotatable bonds is 5. The van der Waals surface area contributed by atoms with E-state index in [1.807, 2.05) is 6.07 Å². The molecule has 3 aromatic rings. The van der Waals surface area contributed by atoms with Crippen LogP contribution >= 0.6 is 0 Å². The lowest BCUT2D eigenvalue weighted by molar-refractivity contribution is 0.300. The second-order valence-corrected chi connectivity index (χ2v) is 8.61. The minimum atomic E-state index is -1.91. The molecule has 168 valence electrons. The van der Waals surface area contributed by atoms with Crippen LogP contribution in [0.5, 0.6) is 0 Å². The second kappa shape index (κ2) is 9.43. The fraction of sp³-hybridized carbons (Fsp3) is 0.333. The number of halogens is 5. The summed E-state index contributed by atoms with van der Waals surface area (Å²) >= 11 is 0. The van der Waals surface area contributed by atoms with Crippen LogP contribution in [0.15, 0.2) is 48.5 Å². The van der Waals surface area contributed by atoms with Crippen molar-refractivity contribution < 1.29 is 22.0 Å². The Morgan fingerprint density at radius 2 is 1.38 bits per heavy atom. The molecule has 1 aliphatic rings. The standard InChI is InChI=1S/C27H25F5/c1-2-6-16-9-11-18(12-10-16)22-23(25(30)27(32)26(31)24(22)29)20-14-13-19(15-21(20)28)17-7-4-3-5-8-17/h3-5,7-8,13-16,18H,2,6,9-12H2,1H3. The van der Waals surface area contributed by atoms with E-state index in [1.165, 1.54) is 12.1 Å². The van der Waals surface area contributed by atoms with Crippen LogP contribution in [0.2, 0.25) is 0 Å². The highest BCUT2D eigenvalue weighted by atomic mass is 19.2. The highest BCUT2D eigenvalue weighted by molar-refractivity contribution is 5.74. The van der Waals surface area contributed by atoms with Gasteiger partial charge in [-0.05, 0) is 54.7 Å². The van der Waals surface area contributed by atoms with Crippen LogP contribution in [0.4, 0.5) is 22.0 Å². The first-order valence-electron chi connectivity index (χ1n) is 11.1. The molecule has 1 aliphatic carbocycles. The normalized spacial score (nSPS) is 18.7. The summed E-state index contributed by atoms with van der Waals surface area (Å²) in [5.74, 6) is -7.51. The first-order valence-corrected chi connectivity index (χ1v) is 11.1. The minimum Gasteiger partial charge on any atom is -0.206 e. The summed E-state index contributed by atoms with van der Waals surface area (Å²) in [6.45, 7) is 2.09. The average molecular weight is 444 g/mol. The third-order valence-corrected chi connectivity index (χ3v) is 6.60. The molecule has 3 aromatic carbocycles. The van der Waals surface area contributed by atoms with Crippen molar-refractivity contribution in [1.29, 1.82) is 0 Å². The summed E-state index contributed by atoms with van der Waals surface area (Å²) in [5, 5.41) is 0. The van der Waals surface area contributed by atoms with Gasteiger partial charge in [0.05, 0.1) is 0 Å². The van der Waals surface area contributed by atoms with E-state index in [1.54, 1.807) is 30.3 Å². The van der Waals surface area contributed by atoms with Gasteiger partial charge in [0, 0.05) is 16.7 Å². The van der Waals surface area contributed by atoms with Gasteiger partial charge in [-0.2, -0.15) is 0 Å². The first-order chi connectivity index (χ1) is 15.4. The van der Waals surface area contributed by atoms with Crippen LogP contribution < -0.4 is 0 Å². The van der Waals surface area contributed by atoms with Gasteiger partial charge in [0.2, 0.25) is 0 Å². The van der Waals surface area contributed by atoms with Gasteiger partial charge in [0.15, 0.2) is 23.3 Å². The molecule has 0 aliphatic heterocycles. The van der Waals surface area contributed by atoms with E-state index in [4.69, 9.17) is 0 Å². The molecule has 0 radical (unpaired) electrons. The molecule has 0 amide bonds. The van der Waals surface area contributed by atoms with Crippen LogP contribution in [0.25, 0.3) is 22.3 Å². The number of hydrogen-bond donors (Lipinski definition) is 0. The molecule has 0 bridgehead atoms. The molecule has 0 N–H and O–H groups in total. The topological polar surface area (TPSA) is 0 Å². The molecule has 4 rings (SSSR count). The molecule has 1 saturated carbocycles. The molecule has 1 fully saturated rings. The lowest BCUT2D eigenvalue weighted by Gasteiger charge is -2.30. The zero-order chi connectivity index (χ0) is 22.8.